The van der Waals surface area contributed by atoms with Crippen LogP contribution in [0.1, 0.15) is 18.1 Å². The van der Waals surface area contributed by atoms with E-state index >= 15 is 0 Å². The molecular formula is C27H24N4O14S. The fraction of sp³-hybridized carbons (Fsp3) is 0.296. The van der Waals surface area contributed by atoms with Crippen molar-refractivity contribution in [3.05, 3.63) is 91.3 Å². The molecule has 0 spiro atoms. The van der Waals surface area contributed by atoms with Crippen LogP contribution >= 0.6 is 11.8 Å². The minimum absolute atomic E-state index is 0.126. The molecule has 18 nitrogen and oxygen atoms in total. The molecule has 1 saturated heterocycles. The lowest BCUT2D eigenvalue weighted by Crippen LogP contribution is -2.65. The number of carboxylic acids is 1. The van der Waals surface area contributed by atoms with Gasteiger partial charge in [0.25, 0.3) is 16.5 Å². The lowest BCUT2D eigenvalue weighted by molar-refractivity contribution is -0.385. The summed E-state index contributed by atoms with van der Waals surface area (Å²) in [4.78, 5) is 83.2. The number of carboxylic acid groups (broad SMARTS) is 1. The van der Waals surface area contributed by atoms with Crippen molar-refractivity contribution in [3.8, 4) is 0 Å². The molecule has 0 radical (unpaired) electrons. The Morgan fingerprint density at radius 3 is 2.02 bits per heavy atom. The van der Waals surface area contributed by atoms with Crippen LogP contribution in [0.5, 0.6) is 0 Å². The summed E-state index contributed by atoms with van der Waals surface area (Å²) in [6, 6.07) is 10.6. The number of rotatable bonds is 13. The number of thioether (sulfide) groups is 1. The number of nitro benzene ring substituents is 2. The molecule has 2 aliphatic rings. The van der Waals surface area contributed by atoms with Crippen molar-refractivity contribution in [2.24, 2.45) is 5.92 Å². The number of non-ortho nitro benzene ring substituents is 2. The average molecular weight is 661 g/mol. The number of carbonyl (C=O) groups excluding carboxylic acids is 4. The second-order valence-corrected chi connectivity index (χ2v) is 10.7. The van der Waals surface area contributed by atoms with E-state index in [0.29, 0.717) is 22.9 Å². The van der Waals surface area contributed by atoms with Crippen molar-refractivity contribution in [2.75, 3.05) is 13.2 Å². The van der Waals surface area contributed by atoms with Crippen molar-refractivity contribution in [1.29, 1.82) is 0 Å². The molecule has 0 saturated carbocycles. The molecule has 2 N–H and O–H groups in total. The molecule has 0 aliphatic carbocycles. The molecule has 19 heteroatoms. The van der Waals surface area contributed by atoms with Gasteiger partial charge in [-0.3, -0.25) is 34.7 Å². The van der Waals surface area contributed by atoms with Crippen LogP contribution in [0.4, 0.5) is 21.0 Å². The maximum Gasteiger partial charge on any atom is 0.508 e. The predicted molar refractivity (Wildman–Crippen MR) is 152 cm³/mol. The Kier molecular flexibility index (Phi) is 10.4. The summed E-state index contributed by atoms with van der Waals surface area (Å²) >= 11 is 0.598. The number of carbonyl (C=O) groups is 5. The minimum Gasteiger partial charge on any atom is -0.485 e. The fourth-order valence-corrected chi connectivity index (χ4v) is 5.60. The van der Waals surface area contributed by atoms with Crippen LogP contribution in [0.3, 0.4) is 0 Å². The number of nitro groups is 2. The van der Waals surface area contributed by atoms with Gasteiger partial charge in [-0.25, -0.2) is 14.4 Å². The molecule has 2 amide bonds. The molecule has 2 aromatic rings. The number of β-lactam (4-membered cyclic amide) rings is 1. The van der Waals surface area contributed by atoms with Crippen molar-refractivity contribution in [3.63, 3.8) is 0 Å². The van der Waals surface area contributed by atoms with Crippen LogP contribution in [0.15, 0.2) is 60.0 Å². The second-order valence-electron chi connectivity index (χ2n) is 9.57. The third-order valence-corrected chi connectivity index (χ3v) is 7.73. The molecule has 0 aromatic heterocycles. The molecule has 4 rings (SSSR count). The number of benzene rings is 2. The largest absolute Gasteiger partial charge is 0.508 e. The van der Waals surface area contributed by atoms with Crippen LogP contribution in [0.25, 0.3) is 0 Å². The molecule has 0 bridgehead atoms. The van der Waals surface area contributed by atoms with Gasteiger partial charge in [0.05, 0.1) is 16.4 Å². The summed E-state index contributed by atoms with van der Waals surface area (Å²) in [6.45, 7) is 0.347. The summed E-state index contributed by atoms with van der Waals surface area (Å²) in [6.07, 6.45) is -3.14. The number of fused-ring (bicyclic) bond motifs is 1. The van der Waals surface area contributed by atoms with Crippen LogP contribution in [0, 0.1) is 26.1 Å². The first kappa shape index (κ1) is 33.2. The molecule has 2 aromatic carbocycles. The van der Waals surface area contributed by atoms with Gasteiger partial charge in [0.1, 0.15) is 37.2 Å². The minimum atomic E-state index is -1.62. The van der Waals surface area contributed by atoms with Crippen LogP contribution < -0.4 is 5.32 Å². The normalized spacial score (nSPS) is 17.6. The highest BCUT2D eigenvalue weighted by Gasteiger charge is 2.59. The number of nitrogens with one attached hydrogen (secondary N) is 1. The summed E-state index contributed by atoms with van der Waals surface area (Å²) in [5, 5.41) is 31.8. The van der Waals surface area contributed by atoms with E-state index in [-0.39, 0.29) is 37.7 Å². The Balaban J connectivity index is 1.26. The average Bonchev–Trinajstić information content (AvgIpc) is 3.01. The van der Waals surface area contributed by atoms with Crippen molar-refractivity contribution in [1.82, 2.24) is 10.2 Å². The van der Waals surface area contributed by atoms with E-state index in [9.17, 15) is 49.3 Å². The Bertz CT molecular complexity index is 1590. The van der Waals surface area contributed by atoms with Gasteiger partial charge in [0.2, 0.25) is 11.7 Å². The highest BCUT2D eigenvalue weighted by Crippen LogP contribution is 2.46. The van der Waals surface area contributed by atoms with E-state index in [2.05, 4.69) is 5.32 Å². The Hall–Kier alpha value is -5.72. The smallest absolute Gasteiger partial charge is 0.485 e. The lowest BCUT2D eigenvalue weighted by Gasteiger charge is -2.49. The Morgan fingerprint density at radius 1 is 0.957 bits per heavy atom. The monoisotopic (exact) mass is 660 g/mol. The van der Waals surface area contributed by atoms with Gasteiger partial charge in [-0.2, -0.15) is 0 Å². The fourth-order valence-electron chi connectivity index (χ4n) is 4.31. The first-order valence-electron chi connectivity index (χ1n) is 13.2. The number of hydrogen-bond acceptors (Lipinski definition) is 14. The second kappa shape index (κ2) is 14.4. The third kappa shape index (κ3) is 7.67. The SMILES string of the molecule is C[C@@H](OC(=O)OCc1ccc([N+](=O)[O-])cc1)[C@H]1C(=O)N2C(C(=O)O)=C(OCCNC(=O)OCc3ccc([N+](=O)[O-])cc3)C(=O)S[C@@H]12. The summed E-state index contributed by atoms with van der Waals surface area (Å²) in [7, 11) is 0. The number of amides is 2. The number of nitrogens with zero attached hydrogens (tertiary/aromatic N) is 3. The van der Waals surface area contributed by atoms with E-state index in [0.717, 1.165) is 4.90 Å². The summed E-state index contributed by atoms with van der Waals surface area (Å²) < 4.78 is 20.5. The van der Waals surface area contributed by atoms with Crippen molar-refractivity contribution in [2.45, 2.75) is 31.6 Å². The summed E-state index contributed by atoms with van der Waals surface area (Å²) in [5.41, 5.74) is -0.0507. The van der Waals surface area contributed by atoms with E-state index in [1.54, 1.807) is 0 Å². The first-order chi connectivity index (χ1) is 21.9. The standard InChI is InChI=1S/C27H24N4O14S/c1-14(45-27(37)44-13-16-4-8-18(9-5-16)31(40)41)19-22(32)29-20(24(33)34)21(25(35)46-23(19)29)42-11-10-28-26(36)43-12-15-2-6-17(7-3-15)30(38)39/h2-9,14,19,23H,10-13H2,1H3,(H,28,36)(H,33,34)/t14-,19+,23+/m1/s1. The third-order valence-electron chi connectivity index (χ3n) is 6.58. The van der Waals surface area contributed by atoms with Crippen LogP contribution in [-0.4, -0.2) is 73.7 Å². The molecule has 242 valence electrons. The molecule has 2 aliphatic heterocycles. The first-order valence-corrected chi connectivity index (χ1v) is 14.1. The van der Waals surface area contributed by atoms with Gasteiger partial charge < -0.3 is 29.4 Å². The topological polar surface area (TPSA) is 244 Å². The molecular weight excluding hydrogens is 636 g/mol. The van der Waals surface area contributed by atoms with E-state index in [4.69, 9.17) is 18.9 Å². The number of aliphatic carboxylic acids is 1. The number of alkyl carbamates (subject to hydrolysis) is 1. The van der Waals surface area contributed by atoms with Crippen molar-refractivity contribution < 1.29 is 57.9 Å². The van der Waals surface area contributed by atoms with Crippen LogP contribution in [-0.2, 0) is 46.5 Å². The zero-order chi connectivity index (χ0) is 33.5. The zero-order valence-corrected chi connectivity index (χ0v) is 24.5. The molecule has 1 fully saturated rings. The van der Waals surface area contributed by atoms with E-state index < -0.39 is 67.9 Å². The van der Waals surface area contributed by atoms with Gasteiger partial charge in [-0.15, -0.1) is 0 Å². The summed E-state index contributed by atoms with van der Waals surface area (Å²) in [5.74, 6) is -4.05. The molecule has 2 heterocycles. The highest BCUT2D eigenvalue weighted by molar-refractivity contribution is 8.14. The van der Waals surface area contributed by atoms with Gasteiger partial charge in [-0.1, -0.05) is 11.8 Å². The van der Waals surface area contributed by atoms with Crippen LogP contribution in [0.2, 0.25) is 0 Å². The number of hydrogen-bond donors (Lipinski definition) is 2. The van der Waals surface area contributed by atoms with Gasteiger partial charge >= 0.3 is 18.2 Å². The quantitative estimate of drug-likeness (QED) is 0.103. The van der Waals surface area contributed by atoms with E-state index in [1.807, 2.05) is 0 Å². The van der Waals surface area contributed by atoms with Crippen molar-refractivity contribution >= 4 is 52.4 Å². The van der Waals surface area contributed by atoms with Gasteiger partial charge in [0, 0.05) is 24.3 Å². The zero-order valence-electron chi connectivity index (χ0n) is 23.7. The maximum absolute atomic E-state index is 13.0. The molecule has 46 heavy (non-hydrogen) atoms. The maximum atomic E-state index is 13.0. The predicted octanol–water partition coefficient (Wildman–Crippen LogP) is 2.84. The van der Waals surface area contributed by atoms with E-state index in [1.165, 1.54) is 55.5 Å². The Morgan fingerprint density at radius 2 is 1.50 bits per heavy atom. The Labute approximate surface area is 262 Å². The van der Waals surface area contributed by atoms with Gasteiger partial charge in [0.15, 0.2) is 5.70 Å². The molecule has 0 unspecified atom stereocenters. The lowest BCUT2D eigenvalue weighted by atomic mass is 9.91. The number of ether oxygens (including phenoxy) is 4. The van der Waals surface area contributed by atoms with Gasteiger partial charge in [-0.05, 0) is 42.3 Å². The molecule has 3 atom stereocenters. The highest BCUT2D eigenvalue weighted by atomic mass is 32.2.